The smallest absolute Gasteiger partial charge is 0.159 e. The van der Waals surface area contributed by atoms with Crippen molar-refractivity contribution in [2.45, 2.75) is 6.92 Å². The van der Waals surface area contributed by atoms with Crippen LogP contribution in [0.5, 0.6) is 0 Å². The summed E-state index contributed by atoms with van der Waals surface area (Å²) in [7, 11) is 0. The Morgan fingerprint density at radius 2 is 1.89 bits per heavy atom. The van der Waals surface area contributed by atoms with Gasteiger partial charge in [-0.25, -0.2) is 8.78 Å². The Balaban J connectivity index is 2.65. The van der Waals surface area contributed by atoms with E-state index in [4.69, 9.17) is 0 Å². The van der Waals surface area contributed by atoms with E-state index >= 15 is 0 Å². The van der Waals surface area contributed by atoms with Crippen LogP contribution in [-0.4, -0.2) is 5.78 Å². The Kier molecular flexibility index (Phi) is 3.57. The van der Waals surface area contributed by atoms with Crippen LogP contribution in [0.1, 0.15) is 17.3 Å². The van der Waals surface area contributed by atoms with E-state index in [1.807, 2.05) is 0 Å². The molecular weight excluding hydrogens is 302 g/mol. The molecular formula is C14H9BrF2O. The summed E-state index contributed by atoms with van der Waals surface area (Å²) in [5.41, 5.74) is 0.637. The highest BCUT2D eigenvalue weighted by Gasteiger charge is 2.15. The van der Waals surface area contributed by atoms with Gasteiger partial charge in [0.15, 0.2) is 5.78 Å². The summed E-state index contributed by atoms with van der Waals surface area (Å²) in [6, 6.07) is 8.76. The van der Waals surface area contributed by atoms with Crippen molar-refractivity contribution in [2.75, 3.05) is 0 Å². The van der Waals surface area contributed by atoms with Gasteiger partial charge < -0.3 is 0 Å². The maximum Gasteiger partial charge on any atom is 0.159 e. The number of hydrogen-bond acceptors (Lipinski definition) is 1. The number of hydrogen-bond donors (Lipinski definition) is 0. The fourth-order valence-electron chi connectivity index (χ4n) is 1.69. The Labute approximate surface area is 112 Å². The van der Waals surface area contributed by atoms with Gasteiger partial charge in [-0.1, -0.05) is 18.2 Å². The van der Waals surface area contributed by atoms with Gasteiger partial charge in [-0.05, 0) is 46.6 Å². The number of rotatable bonds is 2. The Bertz CT molecular complexity index is 623. The molecule has 0 aliphatic rings. The van der Waals surface area contributed by atoms with Crippen LogP contribution in [0.2, 0.25) is 0 Å². The van der Waals surface area contributed by atoms with Gasteiger partial charge in [0.1, 0.15) is 11.6 Å². The van der Waals surface area contributed by atoms with E-state index in [0.717, 1.165) is 0 Å². The second-order valence-electron chi connectivity index (χ2n) is 3.86. The molecule has 4 heteroatoms. The van der Waals surface area contributed by atoms with Crippen LogP contribution in [0.3, 0.4) is 0 Å². The van der Waals surface area contributed by atoms with E-state index in [1.165, 1.54) is 25.1 Å². The van der Waals surface area contributed by atoms with Crippen molar-refractivity contribution in [3.05, 3.63) is 58.1 Å². The number of Topliss-reactive ketones (excluding diaryl/α,β-unsaturated/α-hetero) is 1. The van der Waals surface area contributed by atoms with Gasteiger partial charge in [-0.3, -0.25) is 4.79 Å². The van der Waals surface area contributed by atoms with Gasteiger partial charge in [0, 0.05) is 5.56 Å². The van der Waals surface area contributed by atoms with E-state index in [9.17, 15) is 13.6 Å². The fourth-order valence-corrected chi connectivity index (χ4v) is 2.02. The first kappa shape index (κ1) is 12.9. The minimum absolute atomic E-state index is 0.132. The van der Waals surface area contributed by atoms with Crippen LogP contribution in [0.15, 0.2) is 40.9 Å². The summed E-state index contributed by atoms with van der Waals surface area (Å²) in [6.07, 6.45) is 0. The summed E-state index contributed by atoms with van der Waals surface area (Å²) >= 11 is 3.02. The molecule has 0 spiro atoms. The van der Waals surface area contributed by atoms with Crippen molar-refractivity contribution in [3.63, 3.8) is 0 Å². The first-order valence-electron chi connectivity index (χ1n) is 5.25. The second kappa shape index (κ2) is 4.98. The van der Waals surface area contributed by atoms with Crippen molar-refractivity contribution in [1.82, 2.24) is 0 Å². The van der Waals surface area contributed by atoms with Gasteiger partial charge in [0.2, 0.25) is 0 Å². The maximum atomic E-state index is 13.9. The van der Waals surface area contributed by atoms with Crippen LogP contribution >= 0.6 is 15.9 Å². The molecule has 2 rings (SSSR count). The lowest BCUT2D eigenvalue weighted by Gasteiger charge is -2.07. The number of halogens is 3. The van der Waals surface area contributed by atoms with Gasteiger partial charge in [0.05, 0.1) is 10.0 Å². The average molecular weight is 311 g/mol. The summed E-state index contributed by atoms with van der Waals surface area (Å²) in [5, 5.41) is 0. The topological polar surface area (TPSA) is 17.1 Å². The molecule has 2 aromatic carbocycles. The van der Waals surface area contributed by atoms with Gasteiger partial charge >= 0.3 is 0 Å². The molecule has 0 saturated heterocycles. The van der Waals surface area contributed by atoms with Gasteiger partial charge in [-0.15, -0.1) is 0 Å². The predicted molar refractivity (Wildman–Crippen MR) is 69.5 cm³/mol. The highest BCUT2D eigenvalue weighted by Crippen LogP contribution is 2.31. The first-order chi connectivity index (χ1) is 8.50. The van der Waals surface area contributed by atoms with Gasteiger partial charge in [0.25, 0.3) is 0 Å². The third-order valence-electron chi connectivity index (χ3n) is 2.60. The van der Waals surface area contributed by atoms with E-state index in [1.54, 1.807) is 18.2 Å². The SMILES string of the molecule is CC(=O)c1cccc(-c2c(F)ccc(Br)c2F)c1. The molecule has 0 aliphatic heterocycles. The van der Waals surface area contributed by atoms with Crippen molar-refractivity contribution in [2.24, 2.45) is 0 Å². The molecule has 92 valence electrons. The molecule has 0 radical (unpaired) electrons. The van der Waals surface area contributed by atoms with E-state index in [-0.39, 0.29) is 15.8 Å². The standard InChI is InChI=1S/C14H9BrF2O/c1-8(18)9-3-2-4-10(7-9)13-12(16)6-5-11(15)14(13)17/h2-7H,1H3. The molecule has 0 aliphatic carbocycles. The summed E-state index contributed by atoms with van der Waals surface area (Å²) < 4.78 is 27.8. The molecule has 0 aromatic heterocycles. The molecule has 0 saturated carbocycles. The zero-order chi connectivity index (χ0) is 13.3. The third kappa shape index (κ3) is 2.34. The molecule has 18 heavy (non-hydrogen) atoms. The van der Waals surface area contributed by atoms with Crippen molar-refractivity contribution in [1.29, 1.82) is 0 Å². The lowest BCUT2D eigenvalue weighted by molar-refractivity contribution is 0.101. The molecule has 0 fully saturated rings. The lowest BCUT2D eigenvalue weighted by Crippen LogP contribution is -1.95. The highest BCUT2D eigenvalue weighted by molar-refractivity contribution is 9.10. The molecule has 0 N–H and O–H groups in total. The third-order valence-corrected chi connectivity index (χ3v) is 3.21. The molecule has 0 amide bonds. The number of carbonyl (C=O) groups excluding carboxylic acids is 1. The van der Waals surface area contributed by atoms with Crippen LogP contribution < -0.4 is 0 Å². The monoisotopic (exact) mass is 310 g/mol. The Morgan fingerprint density at radius 3 is 2.56 bits per heavy atom. The number of carbonyl (C=O) groups is 1. The van der Waals surface area contributed by atoms with E-state index in [0.29, 0.717) is 11.1 Å². The highest BCUT2D eigenvalue weighted by atomic mass is 79.9. The van der Waals surface area contributed by atoms with E-state index in [2.05, 4.69) is 15.9 Å². The zero-order valence-electron chi connectivity index (χ0n) is 9.51. The van der Waals surface area contributed by atoms with Crippen LogP contribution in [0, 0.1) is 11.6 Å². The van der Waals surface area contributed by atoms with Gasteiger partial charge in [-0.2, -0.15) is 0 Å². The quantitative estimate of drug-likeness (QED) is 0.585. The fraction of sp³-hybridized carbons (Fsp3) is 0.0714. The molecule has 0 atom stereocenters. The van der Waals surface area contributed by atoms with Crippen LogP contribution in [0.25, 0.3) is 11.1 Å². The number of ketones is 1. The number of benzene rings is 2. The van der Waals surface area contributed by atoms with Crippen LogP contribution in [-0.2, 0) is 0 Å². The maximum absolute atomic E-state index is 13.9. The van der Waals surface area contributed by atoms with Crippen molar-refractivity contribution in [3.8, 4) is 11.1 Å². The molecule has 0 heterocycles. The minimum atomic E-state index is -0.671. The summed E-state index contributed by atoms with van der Waals surface area (Å²) in [6.45, 7) is 1.41. The molecule has 0 unspecified atom stereocenters. The van der Waals surface area contributed by atoms with Crippen LogP contribution in [0.4, 0.5) is 8.78 Å². The van der Waals surface area contributed by atoms with Crippen molar-refractivity contribution < 1.29 is 13.6 Å². The average Bonchev–Trinajstić information content (AvgIpc) is 2.35. The predicted octanol–water partition coefficient (Wildman–Crippen LogP) is 4.60. The van der Waals surface area contributed by atoms with Crippen molar-refractivity contribution >= 4 is 21.7 Å². The second-order valence-corrected chi connectivity index (χ2v) is 4.71. The minimum Gasteiger partial charge on any atom is -0.295 e. The Hall–Kier alpha value is -1.55. The lowest BCUT2D eigenvalue weighted by atomic mass is 10.0. The molecule has 1 nitrogen and oxygen atoms in total. The zero-order valence-corrected chi connectivity index (χ0v) is 11.1. The molecule has 2 aromatic rings. The first-order valence-corrected chi connectivity index (χ1v) is 6.05. The largest absolute Gasteiger partial charge is 0.295 e. The normalized spacial score (nSPS) is 10.4. The summed E-state index contributed by atoms with van der Waals surface area (Å²) in [4.78, 5) is 11.3. The Morgan fingerprint density at radius 1 is 1.17 bits per heavy atom. The molecule has 0 bridgehead atoms. The summed E-state index contributed by atoms with van der Waals surface area (Å²) in [5.74, 6) is -1.47. The van der Waals surface area contributed by atoms with E-state index < -0.39 is 11.6 Å².